The van der Waals surface area contributed by atoms with Crippen LogP contribution in [0.2, 0.25) is 0 Å². The molecule has 0 radical (unpaired) electrons. The monoisotopic (exact) mass is 356 g/mol. The molecule has 0 saturated heterocycles. The fourth-order valence-corrected chi connectivity index (χ4v) is 2.69. The van der Waals surface area contributed by atoms with Crippen LogP contribution in [0.3, 0.4) is 0 Å². The Balaban J connectivity index is 2.29. The van der Waals surface area contributed by atoms with E-state index < -0.39 is 12.1 Å². The average Bonchev–Trinajstić information content (AvgIpc) is 2.94. The van der Waals surface area contributed by atoms with Gasteiger partial charge in [-0.1, -0.05) is 0 Å². The standard InChI is InChI=1S/C19H20N2O5/c1-10-16(19(23)25-5)11(2)21-17(10)18(22)12(3)26-14-7-6-13(9-20)8-15(14)24-4/h6-8,12,21H,1-5H3/t12-/m0/s1. The van der Waals surface area contributed by atoms with Crippen molar-refractivity contribution >= 4 is 11.8 Å². The van der Waals surface area contributed by atoms with E-state index in [-0.39, 0.29) is 5.78 Å². The highest BCUT2D eigenvalue weighted by atomic mass is 16.5. The topological polar surface area (TPSA) is 101 Å². The molecule has 0 fully saturated rings. The number of rotatable bonds is 6. The van der Waals surface area contributed by atoms with Gasteiger partial charge in [0.2, 0.25) is 5.78 Å². The smallest absolute Gasteiger partial charge is 0.339 e. The molecule has 0 saturated carbocycles. The lowest BCUT2D eigenvalue weighted by atomic mass is 10.1. The van der Waals surface area contributed by atoms with Crippen LogP contribution in [0.4, 0.5) is 0 Å². The van der Waals surface area contributed by atoms with Crippen molar-refractivity contribution in [2.75, 3.05) is 14.2 Å². The Morgan fingerprint density at radius 2 is 1.88 bits per heavy atom. The van der Waals surface area contributed by atoms with Crippen molar-refractivity contribution < 1.29 is 23.8 Å². The van der Waals surface area contributed by atoms with Crippen molar-refractivity contribution in [3.63, 3.8) is 0 Å². The van der Waals surface area contributed by atoms with Crippen LogP contribution in [-0.2, 0) is 4.74 Å². The lowest BCUT2D eigenvalue weighted by Gasteiger charge is -2.16. The van der Waals surface area contributed by atoms with Crippen molar-refractivity contribution in [2.24, 2.45) is 0 Å². The predicted octanol–water partition coefficient (Wildman–Crippen LogP) is 2.95. The van der Waals surface area contributed by atoms with Crippen molar-refractivity contribution in [1.82, 2.24) is 4.98 Å². The summed E-state index contributed by atoms with van der Waals surface area (Å²) in [5.74, 6) is -0.107. The number of ether oxygens (including phenoxy) is 3. The van der Waals surface area contributed by atoms with E-state index in [1.165, 1.54) is 20.3 Å². The molecule has 1 aromatic heterocycles. The highest BCUT2D eigenvalue weighted by Gasteiger charge is 2.27. The van der Waals surface area contributed by atoms with Gasteiger partial charge in [-0.25, -0.2) is 4.79 Å². The summed E-state index contributed by atoms with van der Waals surface area (Å²) in [5.41, 5.74) is 2.14. The van der Waals surface area contributed by atoms with Gasteiger partial charge in [-0.2, -0.15) is 5.26 Å². The Bertz CT molecular complexity index is 892. The molecule has 0 amide bonds. The molecule has 0 aliphatic rings. The number of ketones is 1. The molecule has 1 heterocycles. The summed E-state index contributed by atoms with van der Waals surface area (Å²) in [6.07, 6.45) is -0.834. The molecule has 1 atom stereocenters. The second-order valence-electron chi connectivity index (χ2n) is 5.72. The Labute approximate surface area is 151 Å². The van der Waals surface area contributed by atoms with E-state index in [0.29, 0.717) is 39.6 Å². The molecule has 0 spiro atoms. The number of nitrogens with one attached hydrogen (secondary N) is 1. The molecule has 7 heteroatoms. The average molecular weight is 356 g/mol. The lowest BCUT2D eigenvalue weighted by molar-refractivity contribution is 0.0599. The van der Waals surface area contributed by atoms with Crippen LogP contribution in [0.15, 0.2) is 18.2 Å². The van der Waals surface area contributed by atoms with Gasteiger partial charge in [-0.15, -0.1) is 0 Å². The third-order valence-corrected chi connectivity index (χ3v) is 4.04. The highest BCUT2D eigenvalue weighted by molar-refractivity contribution is 6.03. The van der Waals surface area contributed by atoms with E-state index in [4.69, 9.17) is 19.5 Å². The number of hydrogen-bond acceptors (Lipinski definition) is 6. The van der Waals surface area contributed by atoms with Gasteiger partial charge < -0.3 is 19.2 Å². The van der Waals surface area contributed by atoms with E-state index in [1.54, 1.807) is 32.9 Å². The Morgan fingerprint density at radius 3 is 2.46 bits per heavy atom. The van der Waals surface area contributed by atoms with Crippen LogP contribution >= 0.6 is 0 Å². The largest absolute Gasteiger partial charge is 0.493 e. The van der Waals surface area contributed by atoms with Gasteiger partial charge in [-0.3, -0.25) is 4.79 Å². The normalized spacial score (nSPS) is 11.4. The zero-order valence-electron chi connectivity index (χ0n) is 15.3. The SMILES string of the molecule is COC(=O)c1c(C)[nH]c(C(=O)[C@H](C)Oc2ccc(C#N)cc2OC)c1C. The summed E-state index contributed by atoms with van der Waals surface area (Å²) in [5, 5.41) is 8.95. The summed E-state index contributed by atoms with van der Waals surface area (Å²) >= 11 is 0. The molecular weight excluding hydrogens is 336 g/mol. The van der Waals surface area contributed by atoms with Gasteiger partial charge in [0.15, 0.2) is 17.6 Å². The lowest BCUT2D eigenvalue weighted by Crippen LogP contribution is -2.25. The highest BCUT2D eigenvalue weighted by Crippen LogP contribution is 2.29. The number of aromatic nitrogens is 1. The van der Waals surface area contributed by atoms with Crippen LogP contribution in [0.5, 0.6) is 11.5 Å². The summed E-state index contributed by atoms with van der Waals surface area (Å²) in [6, 6.07) is 6.70. The molecule has 0 aliphatic carbocycles. The van der Waals surface area contributed by atoms with Gasteiger partial charge in [-0.05, 0) is 38.5 Å². The maximum Gasteiger partial charge on any atom is 0.339 e. The molecular formula is C19H20N2O5. The van der Waals surface area contributed by atoms with Crippen LogP contribution in [0.1, 0.15) is 44.6 Å². The summed E-state index contributed by atoms with van der Waals surface area (Å²) in [4.78, 5) is 27.6. The quantitative estimate of drug-likeness (QED) is 0.631. The van der Waals surface area contributed by atoms with Crippen LogP contribution in [-0.4, -0.2) is 37.1 Å². The van der Waals surface area contributed by atoms with Crippen molar-refractivity contribution in [2.45, 2.75) is 26.9 Å². The van der Waals surface area contributed by atoms with Gasteiger partial charge in [0.25, 0.3) is 0 Å². The minimum Gasteiger partial charge on any atom is -0.493 e. The second kappa shape index (κ2) is 7.74. The third-order valence-electron chi connectivity index (χ3n) is 4.04. The van der Waals surface area contributed by atoms with Gasteiger partial charge >= 0.3 is 5.97 Å². The first-order valence-electron chi connectivity index (χ1n) is 7.90. The number of hydrogen-bond donors (Lipinski definition) is 1. The van der Waals surface area contributed by atoms with Crippen molar-refractivity contribution in [3.05, 3.63) is 46.3 Å². The molecule has 1 aromatic carbocycles. The Morgan fingerprint density at radius 1 is 1.19 bits per heavy atom. The number of methoxy groups -OCH3 is 2. The zero-order valence-corrected chi connectivity index (χ0v) is 15.3. The molecule has 0 aliphatic heterocycles. The zero-order chi connectivity index (χ0) is 19.4. The summed E-state index contributed by atoms with van der Waals surface area (Å²) in [6.45, 7) is 4.98. The van der Waals surface area contributed by atoms with Gasteiger partial charge in [0.1, 0.15) is 0 Å². The number of H-pyrrole nitrogens is 1. The number of esters is 1. The number of Topliss-reactive ketones (excluding diaryl/α,β-unsaturated/α-hetero) is 1. The fourth-order valence-electron chi connectivity index (χ4n) is 2.69. The van der Waals surface area contributed by atoms with Gasteiger partial charge in [0.05, 0.1) is 37.1 Å². The van der Waals surface area contributed by atoms with Crippen LogP contribution in [0, 0.1) is 25.2 Å². The number of carbonyl (C=O) groups is 2. The molecule has 136 valence electrons. The van der Waals surface area contributed by atoms with Crippen molar-refractivity contribution in [1.29, 1.82) is 5.26 Å². The maximum absolute atomic E-state index is 12.8. The third kappa shape index (κ3) is 3.54. The first-order chi connectivity index (χ1) is 12.3. The number of aromatic amines is 1. The molecule has 1 N–H and O–H groups in total. The molecule has 2 aromatic rings. The molecule has 7 nitrogen and oxygen atoms in total. The van der Waals surface area contributed by atoms with Crippen LogP contribution in [0.25, 0.3) is 0 Å². The maximum atomic E-state index is 12.8. The fraction of sp³-hybridized carbons (Fsp3) is 0.316. The van der Waals surface area contributed by atoms with Crippen LogP contribution < -0.4 is 9.47 Å². The Kier molecular flexibility index (Phi) is 5.68. The minimum absolute atomic E-state index is 0.294. The Hall–Kier alpha value is -3.27. The number of carbonyl (C=O) groups excluding carboxylic acids is 2. The molecule has 26 heavy (non-hydrogen) atoms. The number of benzene rings is 1. The van der Waals surface area contributed by atoms with E-state index in [9.17, 15) is 9.59 Å². The number of nitriles is 1. The number of aryl methyl sites for hydroxylation is 1. The van der Waals surface area contributed by atoms with E-state index >= 15 is 0 Å². The first kappa shape index (κ1) is 19.1. The molecule has 0 unspecified atom stereocenters. The summed E-state index contributed by atoms with van der Waals surface area (Å²) < 4.78 is 15.7. The van der Waals surface area contributed by atoms with E-state index in [1.807, 2.05) is 6.07 Å². The summed E-state index contributed by atoms with van der Waals surface area (Å²) in [7, 11) is 2.75. The predicted molar refractivity (Wildman–Crippen MR) is 93.7 cm³/mol. The minimum atomic E-state index is -0.834. The number of nitrogens with zero attached hydrogens (tertiary/aromatic N) is 1. The second-order valence-corrected chi connectivity index (χ2v) is 5.72. The van der Waals surface area contributed by atoms with Gasteiger partial charge in [0, 0.05) is 11.8 Å². The van der Waals surface area contributed by atoms with E-state index in [2.05, 4.69) is 4.98 Å². The molecule has 2 rings (SSSR count). The van der Waals surface area contributed by atoms with E-state index in [0.717, 1.165) is 0 Å². The first-order valence-corrected chi connectivity index (χ1v) is 7.90. The molecule has 0 bridgehead atoms. The van der Waals surface area contributed by atoms with Crippen molar-refractivity contribution in [3.8, 4) is 17.6 Å².